The molecule has 2 aromatic carbocycles. The Morgan fingerprint density at radius 2 is 1.66 bits per heavy atom. The average molecular weight is 410 g/mol. The van der Waals surface area contributed by atoms with Crippen LogP contribution >= 0.6 is 11.6 Å². The normalized spacial score (nSPS) is 13.3. The summed E-state index contributed by atoms with van der Waals surface area (Å²) in [6, 6.07) is 17.6. The molecule has 0 amide bonds. The van der Waals surface area contributed by atoms with E-state index in [1.165, 1.54) is 32.4 Å². The van der Waals surface area contributed by atoms with E-state index in [9.17, 15) is 0 Å². The lowest BCUT2D eigenvalue weighted by Crippen LogP contribution is -2.21. The molecule has 0 atom stereocenters. The van der Waals surface area contributed by atoms with E-state index in [0.29, 0.717) is 12.2 Å². The molecule has 152 valence electrons. The molecule has 1 aliphatic heterocycles. The molecule has 2 N–H and O–H groups in total. The number of piperidine rings is 1. The fourth-order valence-corrected chi connectivity index (χ4v) is 3.22. The summed E-state index contributed by atoms with van der Waals surface area (Å²) in [7, 11) is 0. The topological polar surface area (TPSA) is 62.7 Å². The van der Waals surface area contributed by atoms with E-state index in [4.69, 9.17) is 16.6 Å². The van der Waals surface area contributed by atoms with Crippen molar-refractivity contribution in [3.05, 3.63) is 70.9 Å². The molecule has 1 aliphatic rings. The van der Waals surface area contributed by atoms with E-state index in [0.717, 1.165) is 34.2 Å². The first-order valence-electron chi connectivity index (χ1n) is 10.2. The highest BCUT2D eigenvalue weighted by Crippen LogP contribution is 2.20. The van der Waals surface area contributed by atoms with E-state index in [1.807, 2.05) is 61.5 Å². The van der Waals surface area contributed by atoms with E-state index >= 15 is 0 Å². The van der Waals surface area contributed by atoms with Crippen molar-refractivity contribution in [1.29, 1.82) is 0 Å². The highest BCUT2D eigenvalue weighted by Gasteiger charge is 2.11. The summed E-state index contributed by atoms with van der Waals surface area (Å²) in [5, 5.41) is 15.8. The molecule has 0 unspecified atom stereocenters. The van der Waals surface area contributed by atoms with E-state index in [-0.39, 0.29) is 0 Å². The standard InChI is InChI=1S/C18H17ClN4.C5H11N/c1-2-20-18-16(12-13-8-10-15(19)11-9-13)21-17(22-23-18)14-6-4-3-5-7-14;1-2-4-6-5-3-1/h3-11H,2,12H2,1H3,(H,20,23);6H,1-5H2. The Morgan fingerprint density at radius 1 is 0.931 bits per heavy atom. The molecule has 0 aliphatic carbocycles. The summed E-state index contributed by atoms with van der Waals surface area (Å²) >= 11 is 5.95. The Bertz CT molecular complexity index is 853. The van der Waals surface area contributed by atoms with Gasteiger partial charge in [-0.05, 0) is 50.6 Å². The minimum atomic E-state index is 0.635. The summed E-state index contributed by atoms with van der Waals surface area (Å²) in [5.74, 6) is 1.36. The minimum absolute atomic E-state index is 0.635. The largest absolute Gasteiger partial charge is 0.367 e. The summed E-state index contributed by atoms with van der Waals surface area (Å²) in [6.45, 7) is 5.30. The van der Waals surface area contributed by atoms with Gasteiger partial charge in [-0.1, -0.05) is 60.5 Å². The molecule has 1 aromatic heterocycles. The summed E-state index contributed by atoms with van der Waals surface area (Å²) in [4.78, 5) is 4.71. The van der Waals surface area contributed by atoms with Crippen molar-refractivity contribution < 1.29 is 0 Å². The smallest absolute Gasteiger partial charge is 0.182 e. The third-order valence-corrected chi connectivity index (χ3v) is 4.88. The Morgan fingerprint density at radius 3 is 2.24 bits per heavy atom. The van der Waals surface area contributed by atoms with Gasteiger partial charge in [-0.3, -0.25) is 0 Å². The molecule has 0 saturated carbocycles. The van der Waals surface area contributed by atoms with Gasteiger partial charge in [0.05, 0.1) is 5.69 Å². The molecule has 0 spiro atoms. The lowest BCUT2D eigenvalue weighted by molar-refractivity contribution is 0.520. The van der Waals surface area contributed by atoms with Gasteiger partial charge in [0.2, 0.25) is 0 Å². The number of aromatic nitrogens is 3. The van der Waals surface area contributed by atoms with Gasteiger partial charge in [-0.2, -0.15) is 0 Å². The van der Waals surface area contributed by atoms with Crippen LogP contribution in [-0.4, -0.2) is 34.8 Å². The quantitative estimate of drug-likeness (QED) is 0.622. The van der Waals surface area contributed by atoms with Gasteiger partial charge in [-0.15, -0.1) is 10.2 Å². The monoisotopic (exact) mass is 409 g/mol. The molecule has 2 heterocycles. The summed E-state index contributed by atoms with van der Waals surface area (Å²) in [6.07, 6.45) is 4.89. The van der Waals surface area contributed by atoms with Crippen LogP contribution in [0.15, 0.2) is 54.6 Å². The van der Waals surface area contributed by atoms with Gasteiger partial charge in [0.15, 0.2) is 11.6 Å². The molecule has 0 radical (unpaired) electrons. The van der Waals surface area contributed by atoms with E-state index in [1.54, 1.807) is 0 Å². The number of nitrogens with one attached hydrogen (secondary N) is 2. The third-order valence-electron chi connectivity index (χ3n) is 4.63. The predicted molar refractivity (Wildman–Crippen MR) is 120 cm³/mol. The fourth-order valence-electron chi connectivity index (χ4n) is 3.09. The van der Waals surface area contributed by atoms with Crippen LogP contribution in [0.1, 0.15) is 37.4 Å². The Hall–Kier alpha value is -2.50. The molecule has 6 heteroatoms. The molecule has 29 heavy (non-hydrogen) atoms. The van der Waals surface area contributed by atoms with Crippen LogP contribution in [0.5, 0.6) is 0 Å². The molecule has 3 aromatic rings. The third kappa shape index (κ3) is 6.80. The number of hydrogen-bond donors (Lipinski definition) is 2. The zero-order valence-electron chi connectivity index (χ0n) is 16.9. The van der Waals surface area contributed by atoms with Gasteiger partial charge in [0, 0.05) is 23.6 Å². The number of rotatable bonds is 5. The van der Waals surface area contributed by atoms with Gasteiger partial charge >= 0.3 is 0 Å². The maximum Gasteiger partial charge on any atom is 0.182 e. The lowest BCUT2D eigenvalue weighted by Gasteiger charge is -2.10. The van der Waals surface area contributed by atoms with E-state index < -0.39 is 0 Å². The van der Waals surface area contributed by atoms with E-state index in [2.05, 4.69) is 20.8 Å². The van der Waals surface area contributed by atoms with Crippen molar-refractivity contribution >= 4 is 17.4 Å². The number of benzene rings is 2. The average Bonchev–Trinajstić information content (AvgIpc) is 2.79. The van der Waals surface area contributed by atoms with Crippen LogP contribution in [0.4, 0.5) is 5.82 Å². The Kier molecular flexibility index (Phi) is 8.40. The SMILES string of the molecule is C1CCNCC1.CCNc1nnc(-c2ccccc2)nc1Cc1ccc(Cl)cc1. The molecular weight excluding hydrogens is 382 g/mol. The molecular formula is C23H28ClN5. The Labute approximate surface area is 177 Å². The zero-order valence-corrected chi connectivity index (χ0v) is 17.6. The first-order valence-corrected chi connectivity index (χ1v) is 10.6. The highest BCUT2D eigenvalue weighted by atomic mass is 35.5. The Balaban J connectivity index is 0.000000343. The minimum Gasteiger partial charge on any atom is -0.367 e. The van der Waals surface area contributed by atoms with Crippen LogP contribution in [-0.2, 0) is 6.42 Å². The molecule has 4 rings (SSSR count). The second kappa shape index (κ2) is 11.5. The van der Waals surface area contributed by atoms with Crippen molar-refractivity contribution in [2.75, 3.05) is 25.0 Å². The zero-order chi connectivity index (χ0) is 20.3. The van der Waals surface area contributed by atoms with Gasteiger partial charge in [0.1, 0.15) is 0 Å². The second-order valence-electron chi connectivity index (χ2n) is 6.94. The van der Waals surface area contributed by atoms with Crippen molar-refractivity contribution in [3.8, 4) is 11.4 Å². The maximum absolute atomic E-state index is 5.95. The summed E-state index contributed by atoms with van der Waals surface area (Å²) in [5.41, 5.74) is 2.97. The van der Waals surface area contributed by atoms with Crippen molar-refractivity contribution in [2.45, 2.75) is 32.6 Å². The number of hydrogen-bond acceptors (Lipinski definition) is 5. The first-order chi connectivity index (χ1) is 14.3. The fraction of sp³-hybridized carbons (Fsp3) is 0.348. The first kappa shape index (κ1) is 21.2. The number of anilines is 1. The van der Waals surface area contributed by atoms with Gasteiger partial charge in [0.25, 0.3) is 0 Å². The maximum atomic E-state index is 5.95. The highest BCUT2D eigenvalue weighted by molar-refractivity contribution is 6.30. The number of nitrogens with zero attached hydrogens (tertiary/aromatic N) is 3. The van der Waals surface area contributed by atoms with Crippen LogP contribution < -0.4 is 10.6 Å². The second-order valence-corrected chi connectivity index (χ2v) is 7.38. The van der Waals surface area contributed by atoms with Crippen LogP contribution in [0, 0.1) is 0 Å². The van der Waals surface area contributed by atoms with Crippen LogP contribution in [0.2, 0.25) is 5.02 Å². The van der Waals surface area contributed by atoms with Crippen LogP contribution in [0.3, 0.4) is 0 Å². The van der Waals surface area contributed by atoms with Gasteiger partial charge < -0.3 is 10.6 Å². The molecule has 0 bridgehead atoms. The summed E-state index contributed by atoms with van der Waals surface area (Å²) < 4.78 is 0. The van der Waals surface area contributed by atoms with Crippen LogP contribution in [0.25, 0.3) is 11.4 Å². The van der Waals surface area contributed by atoms with Crippen molar-refractivity contribution in [3.63, 3.8) is 0 Å². The molecule has 1 fully saturated rings. The predicted octanol–water partition coefficient (Wildman–Crippen LogP) is 4.97. The van der Waals surface area contributed by atoms with Crippen molar-refractivity contribution in [1.82, 2.24) is 20.5 Å². The molecule has 1 saturated heterocycles. The van der Waals surface area contributed by atoms with Gasteiger partial charge in [-0.25, -0.2) is 4.98 Å². The lowest BCUT2D eigenvalue weighted by atomic mass is 10.1. The number of halogens is 1. The van der Waals surface area contributed by atoms with Crippen molar-refractivity contribution in [2.24, 2.45) is 0 Å². The molecule has 5 nitrogen and oxygen atoms in total.